The standard InChI is InChI=1S/C18H18Cl3N3O2/c1-11(18(26)22-13-6-3-5-12(19)9-13)24(2)10-16(25)23-17-14(20)7-4-8-15(17)21/h3-9,11H,10H2,1-2H3,(H,22,26)(H,23,25)/p+1/t11-/m0/s1. The summed E-state index contributed by atoms with van der Waals surface area (Å²) in [5, 5.41) is 6.72. The molecule has 2 rings (SSSR count). The Morgan fingerprint density at radius 1 is 1.04 bits per heavy atom. The van der Waals surface area contributed by atoms with Gasteiger partial charge in [0.05, 0.1) is 22.8 Å². The molecule has 0 saturated carbocycles. The third kappa shape index (κ3) is 5.61. The molecule has 2 amide bonds. The summed E-state index contributed by atoms with van der Waals surface area (Å²) in [5.41, 5.74) is 0.971. The highest BCUT2D eigenvalue weighted by atomic mass is 35.5. The van der Waals surface area contributed by atoms with Gasteiger partial charge in [-0.1, -0.05) is 46.9 Å². The summed E-state index contributed by atoms with van der Waals surface area (Å²) >= 11 is 18.0. The molecule has 2 aromatic carbocycles. The van der Waals surface area contributed by atoms with E-state index in [4.69, 9.17) is 34.8 Å². The molecule has 26 heavy (non-hydrogen) atoms. The molecule has 0 heterocycles. The Bertz CT molecular complexity index is 794. The number of anilines is 2. The lowest BCUT2D eigenvalue weighted by atomic mass is 10.2. The summed E-state index contributed by atoms with van der Waals surface area (Å²) in [7, 11) is 1.76. The largest absolute Gasteiger partial charge is 0.321 e. The average Bonchev–Trinajstić information content (AvgIpc) is 2.57. The number of carbonyl (C=O) groups is 2. The van der Waals surface area contributed by atoms with Crippen molar-refractivity contribution in [2.75, 3.05) is 24.2 Å². The van der Waals surface area contributed by atoms with Crippen molar-refractivity contribution in [3.63, 3.8) is 0 Å². The van der Waals surface area contributed by atoms with Crippen molar-refractivity contribution in [3.05, 3.63) is 57.5 Å². The quantitative estimate of drug-likeness (QED) is 0.679. The minimum atomic E-state index is -0.457. The molecular weight excluding hydrogens is 397 g/mol. The van der Waals surface area contributed by atoms with Gasteiger partial charge in [0.15, 0.2) is 12.6 Å². The van der Waals surface area contributed by atoms with E-state index >= 15 is 0 Å². The summed E-state index contributed by atoms with van der Waals surface area (Å²) < 4.78 is 0. The number of hydrogen-bond donors (Lipinski definition) is 3. The predicted octanol–water partition coefficient (Wildman–Crippen LogP) is 3.13. The van der Waals surface area contributed by atoms with Crippen LogP contribution in [0.2, 0.25) is 15.1 Å². The van der Waals surface area contributed by atoms with E-state index in [0.717, 1.165) is 0 Å². The number of nitrogens with one attached hydrogen (secondary N) is 3. The number of hydrogen-bond acceptors (Lipinski definition) is 2. The summed E-state index contributed by atoms with van der Waals surface area (Å²) in [6, 6.07) is 11.4. The SMILES string of the molecule is C[C@@H](C(=O)Nc1cccc(Cl)c1)[NH+](C)CC(=O)Nc1c(Cl)cccc1Cl. The molecule has 0 saturated heterocycles. The lowest BCUT2D eigenvalue weighted by Gasteiger charge is -2.21. The van der Waals surface area contributed by atoms with Crippen molar-refractivity contribution in [2.45, 2.75) is 13.0 Å². The summed E-state index contributed by atoms with van der Waals surface area (Å²) in [6.45, 7) is 1.82. The fourth-order valence-electron chi connectivity index (χ4n) is 2.25. The van der Waals surface area contributed by atoms with Crippen LogP contribution in [-0.4, -0.2) is 31.4 Å². The van der Waals surface area contributed by atoms with E-state index in [1.165, 1.54) is 0 Å². The fraction of sp³-hybridized carbons (Fsp3) is 0.222. The number of para-hydroxylation sites is 1. The van der Waals surface area contributed by atoms with Gasteiger partial charge in [0.1, 0.15) is 0 Å². The van der Waals surface area contributed by atoms with Gasteiger partial charge in [-0.3, -0.25) is 9.59 Å². The van der Waals surface area contributed by atoms with Crippen LogP contribution >= 0.6 is 34.8 Å². The number of carbonyl (C=O) groups excluding carboxylic acids is 2. The molecule has 8 heteroatoms. The molecular formula is C18H19Cl3N3O2+. The molecule has 0 fully saturated rings. The van der Waals surface area contributed by atoms with Gasteiger partial charge in [-0.2, -0.15) is 0 Å². The van der Waals surface area contributed by atoms with Gasteiger partial charge >= 0.3 is 0 Å². The maximum atomic E-state index is 12.4. The summed E-state index contributed by atoms with van der Waals surface area (Å²) in [4.78, 5) is 25.3. The average molecular weight is 416 g/mol. The van der Waals surface area contributed by atoms with Crippen LogP contribution in [0.4, 0.5) is 11.4 Å². The maximum Gasteiger partial charge on any atom is 0.282 e. The predicted molar refractivity (Wildman–Crippen MR) is 106 cm³/mol. The van der Waals surface area contributed by atoms with E-state index in [-0.39, 0.29) is 18.4 Å². The number of quaternary nitrogens is 1. The molecule has 0 aliphatic heterocycles. The van der Waals surface area contributed by atoms with Crippen LogP contribution in [0.1, 0.15) is 6.92 Å². The molecule has 3 N–H and O–H groups in total. The van der Waals surface area contributed by atoms with Crippen LogP contribution < -0.4 is 15.5 Å². The first-order valence-electron chi connectivity index (χ1n) is 7.90. The molecule has 0 aliphatic rings. The molecule has 1 unspecified atom stereocenters. The van der Waals surface area contributed by atoms with Gasteiger partial charge in [-0.25, -0.2) is 0 Å². The van der Waals surface area contributed by atoms with Crippen molar-refractivity contribution in [1.82, 2.24) is 0 Å². The Morgan fingerprint density at radius 2 is 1.65 bits per heavy atom. The zero-order valence-electron chi connectivity index (χ0n) is 14.3. The minimum Gasteiger partial charge on any atom is -0.321 e. The van der Waals surface area contributed by atoms with Crippen molar-refractivity contribution < 1.29 is 14.5 Å². The summed E-state index contributed by atoms with van der Waals surface area (Å²) in [5.74, 6) is -0.506. The second-order valence-corrected chi connectivity index (χ2v) is 7.14. The van der Waals surface area contributed by atoms with Crippen LogP contribution in [0.25, 0.3) is 0 Å². The highest BCUT2D eigenvalue weighted by molar-refractivity contribution is 6.39. The van der Waals surface area contributed by atoms with E-state index in [1.807, 2.05) is 0 Å². The number of likely N-dealkylation sites (N-methyl/N-ethyl adjacent to an activating group) is 1. The normalized spacial score (nSPS) is 13.0. The van der Waals surface area contributed by atoms with Crippen LogP contribution in [0.5, 0.6) is 0 Å². The first-order chi connectivity index (χ1) is 12.3. The Morgan fingerprint density at radius 3 is 2.27 bits per heavy atom. The van der Waals surface area contributed by atoms with Gasteiger partial charge in [-0.15, -0.1) is 0 Å². The van der Waals surface area contributed by atoms with Crippen molar-refractivity contribution in [1.29, 1.82) is 0 Å². The smallest absolute Gasteiger partial charge is 0.282 e. The van der Waals surface area contributed by atoms with Crippen LogP contribution in [0, 0.1) is 0 Å². The second kappa shape index (κ2) is 9.24. The van der Waals surface area contributed by atoms with Gasteiger partial charge in [0, 0.05) is 10.7 Å². The summed E-state index contributed by atoms with van der Waals surface area (Å²) in [6.07, 6.45) is 0. The highest BCUT2D eigenvalue weighted by Crippen LogP contribution is 2.29. The first kappa shape index (κ1) is 20.5. The topological polar surface area (TPSA) is 62.6 Å². The zero-order valence-corrected chi connectivity index (χ0v) is 16.5. The van der Waals surface area contributed by atoms with Crippen LogP contribution in [-0.2, 0) is 9.59 Å². The second-order valence-electron chi connectivity index (χ2n) is 5.89. The van der Waals surface area contributed by atoms with Gasteiger partial charge < -0.3 is 15.5 Å². The molecule has 0 spiro atoms. The molecule has 0 bridgehead atoms. The van der Waals surface area contributed by atoms with E-state index in [2.05, 4.69) is 10.6 Å². The highest BCUT2D eigenvalue weighted by Gasteiger charge is 2.24. The lowest BCUT2D eigenvalue weighted by molar-refractivity contribution is -0.885. The van der Waals surface area contributed by atoms with Crippen molar-refractivity contribution in [3.8, 4) is 0 Å². The molecule has 0 aliphatic carbocycles. The van der Waals surface area contributed by atoms with Gasteiger partial charge in [0.25, 0.3) is 11.8 Å². The molecule has 0 radical (unpaired) electrons. The zero-order chi connectivity index (χ0) is 19.3. The van der Waals surface area contributed by atoms with E-state index in [9.17, 15) is 9.59 Å². The van der Waals surface area contributed by atoms with Gasteiger partial charge in [-0.05, 0) is 37.3 Å². The Balaban J connectivity index is 1.94. The number of amides is 2. The number of rotatable bonds is 6. The Hall–Kier alpha value is -1.79. The Labute approximate surface area is 167 Å². The fourth-order valence-corrected chi connectivity index (χ4v) is 2.93. The number of halogens is 3. The molecule has 5 nitrogen and oxygen atoms in total. The first-order valence-corrected chi connectivity index (χ1v) is 9.04. The molecule has 138 valence electrons. The number of benzene rings is 2. The molecule has 2 aromatic rings. The third-order valence-electron chi connectivity index (χ3n) is 3.89. The van der Waals surface area contributed by atoms with Crippen molar-refractivity contribution in [2.24, 2.45) is 0 Å². The van der Waals surface area contributed by atoms with E-state index < -0.39 is 6.04 Å². The van der Waals surface area contributed by atoms with E-state index in [1.54, 1.807) is 56.4 Å². The third-order valence-corrected chi connectivity index (χ3v) is 4.76. The minimum absolute atomic E-state index is 0.0751. The van der Waals surface area contributed by atoms with Crippen molar-refractivity contribution >= 4 is 58.0 Å². The van der Waals surface area contributed by atoms with Gasteiger partial charge in [0.2, 0.25) is 0 Å². The Kier molecular flexibility index (Phi) is 7.29. The monoisotopic (exact) mass is 414 g/mol. The van der Waals surface area contributed by atoms with Crippen LogP contribution in [0.15, 0.2) is 42.5 Å². The maximum absolute atomic E-state index is 12.4. The van der Waals surface area contributed by atoms with Crippen LogP contribution in [0.3, 0.4) is 0 Å². The molecule has 0 aromatic heterocycles. The van der Waals surface area contributed by atoms with E-state index in [0.29, 0.717) is 31.3 Å². The molecule has 2 atom stereocenters. The lowest BCUT2D eigenvalue weighted by Crippen LogP contribution is -3.14.